The summed E-state index contributed by atoms with van der Waals surface area (Å²) in [6.45, 7) is 0.796. The topological polar surface area (TPSA) is 68.1 Å². The van der Waals surface area contributed by atoms with Crippen molar-refractivity contribution in [2.45, 2.75) is 0 Å². The van der Waals surface area contributed by atoms with Gasteiger partial charge in [-0.2, -0.15) is 0 Å². The fraction of sp³-hybridized carbons (Fsp3) is 0.105. The van der Waals surface area contributed by atoms with Gasteiger partial charge in [-0.05, 0) is 35.9 Å². The lowest BCUT2D eigenvalue weighted by atomic mass is 10.1. The minimum absolute atomic E-state index is 0.0924. The second-order valence-corrected chi connectivity index (χ2v) is 5.12. The Labute approximate surface area is 134 Å². The molecule has 0 saturated heterocycles. The zero-order valence-corrected chi connectivity index (χ0v) is 12.7. The first-order chi connectivity index (χ1) is 11.3. The normalized spacial score (nSPS) is 11.2. The molecule has 0 saturated carbocycles. The summed E-state index contributed by atoms with van der Waals surface area (Å²) in [5, 5.41) is 1.09. The fourth-order valence-electron chi connectivity index (χ4n) is 2.48. The summed E-state index contributed by atoms with van der Waals surface area (Å²) in [6.07, 6.45) is 5.30. The van der Waals surface area contributed by atoms with Crippen molar-refractivity contribution < 1.29 is 9.53 Å². The van der Waals surface area contributed by atoms with Crippen LogP contribution in [0.4, 0.5) is 0 Å². The Kier molecular flexibility index (Phi) is 4.54. The van der Waals surface area contributed by atoms with Crippen LogP contribution in [0, 0.1) is 0 Å². The molecule has 2 aromatic carbocycles. The predicted molar refractivity (Wildman–Crippen MR) is 92.7 cm³/mol. The second-order valence-electron chi connectivity index (χ2n) is 5.12. The number of rotatable bonds is 6. The quantitative estimate of drug-likeness (QED) is 0.542. The molecule has 1 heterocycles. The van der Waals surface area contributed by atoms with Crippen molar-refractivity contribution in [3.63, 3.8) is 0 Å². The molecule has 4 heteroatoms. The number of ketones is 1. The first-order valence-corrected chi connectivity index (χ1v) is 7.50. The molecule has 0 fully saturated rings. The van der Waals surface area contributed by atoms with E-state index in [1.54, 1.807) is 18.2 Å². The molecule has 23 heavy (non-hydrogen) atoms. The zero-order valence-electron chi connectivity index (χ0n) is 12.7. The summed E-state index contributed by atoms with van der Waals surface area (Å²) >= 11 is 0. The minimum atomic E-state index is -0.0924. The molecule has 1 aromatic heterocycles. The van der Waals surface area contributed by atoms with Gasteiger partial charge in [-0.15, -0.1) is 0 Å². The van der Waals surface area contributed by atoms with Crippen molar-refractivity contribution in [1.29, 1.82) is 0 Å². The molecule has 0 atom stereocenters. The van der Waals surface area contributed by atoms with Crippen molar-refractivity contribution in [3.8, 4) is 5.75 Å². The van der Waals surface area contributed by atoms with Crippen LogP contribution in [0.3, 0.4) is 0 Å². The number of carbonyl (C=O) groups excluding carboxylic acids is 1. The Bertz CT molecular complexity index is 849. The van der Waals surface area contributed by atoms with Crippen molar-refractivity contribution in [2.24, 2.45) is 5.73 Å². The molecular weight excluding hydrogens is 288 g/mol. The van der Waals surface area contributed by atoms with E-state index in [4.69, 9.17) is 10.5 Å². The summed E-state index contributed by atoms with van der Waals surface area (Å²) in [6, 6.07) is 15.1. The lowest BCUT2D eigenvalue weighted by molar-refractivity contribution is 0.104. The molecule has 0 radical (unpaired) electrons. The molecule has 0 amide bonds. The van der Waals surface area contributed by atoms with Gasteiger partial charge in [0.1, 0.15) is 12.4 Å². The highest BCUT2D eigenvalue weighted by atomic mass is 16.5. The van der Waals surface area contributed by atoms with Gasteiger partial charge in [0.05, 0.1) is 5.56 Å². The van der Waals surface area contributed by atoms with E-state index in [-0.39, 0.29) is 5.78 Å². The lowest BCUT2D eigenvalue weighted by Crippen LogP contribution is -2.12. The molecule has 0 unspecified atom stereocenters. The van der Waals surface area contributed by atoms with E-state index in [9.17, 15) is 4.79 Å². The van der Waals surface area contributed by atoms with Crippen LogP contribution in [0.25, 0.3) is 17.0 Å². The van der Waals surface area contributed by atoms with E-state index in [0.717, 1.165) is 16.5 Å². The van der Waals surface area contributed by atoms with Crippen molar-refractivity contribution in [3.05, 3.63) is 71.9 Å². The van der Waals surface area contributed by atoms with Crippen LogP contribution in [0.1, 0.15) is 15.9 Å². The van der Waals surface area contributed by atoms with Crippen LogP contribution in [0.2, 0.25) is 0 Å². The van der Waals surface area contributed by atoms with Gasteiger partial charge in [0.2, 0.25) is 0 Å². The summed E-state index contributed by atoms with van der Waals surface area (Å²) < 4.78 is 5.53. The lowest BCUT2D eigenvalue weighted by Gasteiger charge is -2.08. The molecule has 0 aliphatic heterocycles. The first kappa shape index (κ1) is 15.1. The average Bonchev–Trinajstić information content (AvgIpc) is 3.07. The Morgan fingerprint density at radius 3 is 2.87 bits per heavy atom. The number of aromatic amines is 1. The van der Waals surface area contributed by atoms with Crippen LogP contribution in [-0.2, 0) is 0 Å². The summed E-state index contributed by atoms with van der Waals surface area (Å²) in [5.41, 5.74) is 8.04. The number of allylic oxidation sites excluding steroid dienone is 1. The molecule has 4 nitrogen and oxygen atoms in total. The Morgan fingerprint density at radius 1 is 1.13 bits per heavy atom. The van der Waals surface area contributed by atoms with E-state index >= 15 is 0 Å². The standard InChI is InChI=1S/C19H18N2O2/c20-11-13-23-19-7-2-1-5-16(19)18(22)9-8-14-4-3-6-17-15(14)10-12-21-17/h1-10,12,21H,11,13,20H2. The average molecular weight is 306 g/mol. The summed E-state index contributed by atoms with van der Waals surface area (Å²) in [5.74, 6) is 0.470. The number of hydrogen-bond donors (Lipinski definition) is 2. The second kappa shape index (κ2) is 6.94. The highest BCUT2D eigenvalue weighted by Crippen LogP contribution is 2.21. The number of para-hydroxylation sites is 1. The maximum Gasteiger partial charge on any atom is 0.189 e. The zero-order chi connectivity index (χ0) is 16.1. The summed E-state index contributed by atoms with van der Waals surface area (Å²) in [7, 11) is 0. The van der Waals surface area contributed by atoms with Gasteiger partial charge in [-0.3, -0.25) is 4.79 Å². The number of nitrogens with two attached hydrogens (primary N) is 1. The first-order valence-electron chi connectivity index (χ1n) is 7.50. The molecule has 3 N–H and O–H groups in total. The highest BCUT2D eigenvalue weighted by Gasteiger charge is 2.09. The van der Waals surface area contributed by atoms with Crippen LogP contribution >= 0.6 is 0 Å². The number of nitrogens with one attached hydrogen (secondary N) is 1. The molecule has 0 aliphatic carbocycles. The number of ether oxygens (including phenoxy) is 1. The molecule has 3 rings (SSSR count). The molecular formula is C19H18N2O2. The third-order valence-corrected chi connectivity index (χ3v) is 3.57. The molecule has 3 aromatic rings. The Balaban J connectivity index is 1.86. The van der Waals surface area contributed by atoms with E-state index in [2.05, 4.69) is 4.98 Å². The number of H-pyrrole nitrogens is 1. The van der Waals surface area contributed by atoms with Crippen molar-refractivity contribution in [2.75, 3.05) is 13.2 Å². The van der Waals surface area contributed by atoms with Crippen molar-refractivity contribution in [1.82, 2.24) is 4.98 Å². The molecule has 0 aliphatic rings. The number of carbonyl (C=O) groups is 1. The van der Waals surface area contributed by atoms with Gasteiger partial charge in [0.25, 0.3) is 0 Å². The fourth-order valence-corrected chi connectivity index (χ4v) is 2.48. The van der Waals surface area contributed by atoms with Gasteiger partial charge >= 0.3 is 0 Å². The van der Waals surface area contributed by atoms with Gasteiger partial charge in [0, 0.05) is 23.6 Å². The monoisotopic (exact) mass is 306 g/mol. The maximum absolute atomic E-state index is 12.5. The van der Waals surface area contributed by atoms with E-state index in [1.807, 2.05) is 48.7 Å². The third-order valence-electron chi connectivity index (χ3n) is 3.57. The number of fused-ring (bicyclic) bond motifs is 1. The van der Waals surface area contributed by atoms with Gasteiger partial charge in [-0.25, -0.2) is 0 Å². The van der Waals surface area contributed by atoms with Crippen LogP contribution in [-0.4, -0.2) is 23.9 Å². The van der Waals surface area contributed by atoms with Gasteiger partial charge in [-0.1, -0.05) is 30.3 Å². The molecule has 116 valence electrons. The van der Waals surface area contributed by atoms with E-state index < -0.39 is 0 Å². The predicted octanol–water partition coefficient (Wildman–Crippen LogP) is 3.40. The number of hydrogen-bond acceptors (Lipinski definition) is 3. The van der Waals surface area contributed by atoms with Crippen LogP contribution in [0.15, 0.2) is 60.8 Å². The number of benzene rings is 2. The Morgan fingerprint density at radius 2 is 2.00 bits per heavy atom. The maximum atomic E-state index is 12.5. The third kappa shape index (κ3) is 3.33. The molecule has 0 bridgehead atoms. The minimum Gasteiger partial charge on any atom is -0.492 e. The smallest absolute Gasteiger partial charge is 0.189 e. The SMILES string of the molecule is NCCOc1ccccc1C(=O)C=Cc1cccc2[nH]ccc12. The number of aromatic nitrogens is 1. The summed E-state index contributed by atoms with van der Waals surface area (Å²) in [4.78, 5) is 15.6. The van der Waals surface area contributed by atoms with Gasteiger partial charge < -0.3 is 15.5 Å². The van der Waals surface area contributed by atoms with Crippen LogP contribution in [0.5, 0.6) is 5.75 Å². The van der Waals surface area contributed by atoms with Gasteiger partial charge in [0.15, 0.2) is 5.78 Å². The van der Waals surface area contributed by atoms with E-state index in [1.165, 1.54) is 0 Å². The Hall–Kier alpha value is -2.85. The highest BCUT2D eigenvalue weighted by molar-refractivity contribution is 6.09. The van der Waals surface area contributed by atoms with Crippen LogP contribution < -0.4 is 10.5 Å². The van der Waals surface area contributed by atoms with E-state index in [0.29, 0.717) is 24.5 Å². The molecule has 0 spiro atoms. The largest absolute Gasteiger partial charge is 0.492 e. The van der Waals surface area contributed by atoms with Crippen molar-refractivity contribution >= 4 is 22.8 Å².